The van der Waals surface area contributed by atoms with Gasteiger partial charge in [-0.25, -0.2) is 0 Å². The van der Waals surface area contributed by atoms with Gasteiger partial charge in [0.1, 0.15) is 17.2 Å². The Morgan fingerprint density at radius 3 is 2.30 bits per heavy atom. The molecule has 2 aromatic rings. The van der Waals surface area contributed by atoms with E-state index in [1.165, 1.54) is 0 Å². The second kappa shape index (κ2) is 7.54. The van der Waals surface area contributed by atoms with Gasteiger partial charge in [-0.2, -0.15) is 0 Å². The Kier molecular flexibility index (Phi) is 5.46. The van der Waals surface area contributed by atoms with Crippen molar-refractivity contribution in [2.75, 3.05) is 26.1 Å². The minimum Gasteiger partial charge on any atom is -0.497 e. The summed E-state index contributed by atoms with van der Waals surface area (Å²) in [6, 6.07) is 10.9. The Morgan fingerprint density at radius 1 is 1.04 bits per heavy atom. The van der Waals surface area contributed by atoms with Gasteiger partial charge >= 0.3 is 0 Å². The van der Waals surface area contributed by atoms with Crippen LogP contribution in [0.3, 0.4) is 0 Å². The average molecular weight is 315 g/mol. The SMILES string of the molecule is COc1cc(NC(=O)COc2cccc(C)c2C)cc(OC)c1. The third kappa shape index (κ3) is 4.39. The lowest BCUT2D eigenvalue weighted by Gasteiger charge is -2.12. The van der Waals surface area contributed by atoms with E-state index in [1.807, 2.05) is 32.0 Å². The average Bonchev–Trinajstić information content (AvgIpc) is 2.55. The van der Waals surface area contributed by atoms with Gasteiger partial charge < -0.3 is 19.5 Å². The highest BCUT2D eigenvalue weighted by molar-refractivity contribution is 5.92. The van der Waals surface area contributed by atoms with E-state index in [0.29, 0.717) is 22.9 Å². The van der Waals surface area contributed by atoms with Crippen LogP contribution < -0.4 is 19.5 Å². The van der Waals surface area contributed by atoms with Gasteiger partial charge in [-0.3, -0.25) is 4.79 Å². The summed E-state index contributed by atoms with van der Waals surface area (Å²) in [5, 5.41) is 2.77. The molecule has 0 unspecified atom stereocenters. The Hall–Kier alpha value is -2.69. The van der Waals surface area contributed by atoms with Gasteiger partial charge in [0.05, 0.1) is 14.2 Å². The van der Waals surface area contributed by atoms with Crippen LogP contribution in [-0.2, 0) is 4.79 Å². The molecule has 0 aliphatic rings. The van der Waals surface area contributed by atoms with E-state index in [0.717, 1.165) is 11.1 Å². The van der Waals surface area contributed by atoms with Crippen LogP contribution in [-0.4, -0.2) is 26.7 Å². The van der Waals surface area contributed by atoms with Crippen molar-refractivity contribution >= 4 is 11.6 Å². The van der Waals surface area contributed by atoms with Crippen LogP contribution in [0.2, 0.25) is 0 Å². The smallest absolute Gasteiger partial charge is 0.262 e. The van der Waals surface area contributed by atoms with E-state index < -0.39 is 0 Å². The highest BCUT2D eigenvalue weighted by Crippen LogP contribution is 2.26. The molecule has 5 heteroatoms. The van der Waals surface area contributed by atoms with E-state index in [2.05, 4.69) is 5.32 Å². The fourth-order valence-corrected chi connectivity index (χ4v) is 2.10. The number of aryl methyl sites for hydroxylation is 1. The maximum atomic E-state index is 12.1. The summed E-state index contributed by atoms with van der Waals surface area (Å²) in [6.07, 6.45) is 0. The third-order valence-electron chi connectivity index (χ3n) is 3.55. The van der Waals surface area contributed by atoms with Crippen molar-refractivity contribution in [1.82, 2.24) is 0 Å². The maximum absolute atomic E-state index is 12.1. The maximum Gasteiger partial charge on any atom is 0.262 e. The van der Waals surface area contributed by atoms with Gasteiger partial charge in [0.15, 0.2) is 6.61 Å². The number of carbonyl (C=O) groups is 1. The van der Waals surface area contributed by atoms with Gasteiger partial charge in [-0.15, -0.1) is 0 Å². The second-order valence-electron chi connectivity index (χ2n) is 5.14. The molecule has 0 radical (unpaired) electrons. The van der Waals surface area contributed by atoms with Gasteiger partial charge in [0, 0.05) is 23.9 Å². The molecule has 23 heavy (non-hydrogen) atoms. The Labute approximate surface area is 136 Å². The molecule has 0 saturated heterocycles. The first-order valence-electron chi connectivity index (χ1n) is 7.25. The van der Waals surface area contributed by atoms with Crippen LogP contribution in [0.1, 0.15) is 11.1 Å². The summed E-state index contributed by atoms with van der Waals surface area (Å²) in [5.41, 5.74) is 2.75. The molecule has 0 spiro atoms. The number of benzene rings is 2. The summed E-state index contributed by atoms with van der Waals surface area (Å²) in [4.78, 5) is 12.1. The number of carbonyl (C=O) groups excluding carboxylic acids is 1. The van der Waals surface area contributed by atoms with Gasteiger partial charge in [0.2, 0.25) is 0 Å². The second-order valence-corrected chi connectivity index (χ2v) is 5.14. The first kappa shape index (κ1) is 16.7. The monoisotopic (exact) mass is 315 g/mol. The van der Waals surface area contributed by atoms with Crippen LogP contribution in [0.25, 0.3) is 0 Å². The topological polar surface area (TPSA) is 56.8 Å². The molecule has 2 rings (SSSR count). The number of rotatable bonds is 6. The minimum atomic E-state index is -0.249. The fraction of sp³-hybridized carbons (Fsp3) is 0.278. The van der Waals surface area contributed by atoms with E-state index in [9.17, 15) is 4.79 Å². The lowest BCUT2D eigenvalue weighted by atomic mass is 10.1. The van der Waals surface area contributed by atoms with Gasteiger partial charge in [-0.1, -0.05) is 12.1 Å². The van der Waals surface area contributed by atoms with Crippen molar-refractivity contribution in [2.45, 2.75) is 13.8 Å². The molecule has 5 nitrogen and oxygen atoms in total. The zero-order chi connectivity index (χ0) is 16.8. The van der Waals surface area contributed by atoms with Crippen molar-refractivity contribution < 1.29 is 19.0 Å². The molecule has 0 aliphatic heterocycles. The number of nitrogens with one attached hydrogen (secondary N) is 1. The van der Waals surface area contributed by atoms with E-state index in [-0.39, 0.29) is 12.5 Å². The molecular weight excluding hydrogens is 294 g/mol. The number of hydrogen-bond acceptors (Lipinski definition) is 4. The van der Waals surface area contributed by atoms with E-state index >= 15 is 0 Å². The molecule has 1 N–H and O–H groups in total. The van der Waals surface area contributed by atoms with E-state index in [4.69, 9.17) is 14.2 Å². The standard InChI is InChI=1S/C18H21NO4/c1-12-6-5-7-17(13(12)2)23-11-18(20)19-14-8-15(21-3)10-16(9-14)22-4/h5-10H,11H2,1-4H3,(H,19,20). The van der Waals surface area contributed by atoms with Crippen molar-refractivity contribution in [3.63, 3.8) is 0 Å². The van der Waals surface area contributed by atoms with Gasteiger partial charge in [-0.05, 0) is 31.0 Å². The number of anilines is 1. The molecule has 2 aromatic carbocycles. The molecule has 0 aromatic heterocycles. The normalized spacial score (nSPS) is 10.1. The molecule has 0 heterocycles. The predicted octanol–water partition coefficient (Wildman–Crippen LogP) is 3.34. The molecule has 122 valence electrons. The lowest BCUT2D eigenvalue weighted by molar-refractivity contribution is -0.118. The molecular formula is C18H21NO4. The number of ether oxygens (including phenoxy) is 3. The summed E-state index contributed by atoms with van der Waals surface area (Å²) in [7, 11) is 3.12. The predicted molar refractivity (Wildman–Crippen MR) is 89.6 cm³/mol. The van der Waals surface area contributed by atoms with E-state index in [1.54, 1.807) is 32.4 Å². The Balaban J connectivity index is 2.01. The molecule has 1 amide bonds. The summed E-state index contributed by atoms with van der Waals surface area (Å²) in [6.45, 7) is 3.91. The lowest BCUT2D eigenvalue weighted by Crippen LogP contribution is -2.20. The van der Waals surface area contributed by atoms with Crippen LogP contribution in [0.15, 0.2) is 36.4 Å². The Bertz CT molecular complexity index is 675. The molecule has 0 atom stereocenters. The number of amides is 1. The van der Waals surface area contributed by atoms with Crippen LogP contribution in [0.5, 0.6) is 17.2 Å². The van der Waals surface area contributed by atoms with Crippen molar-refractivity contribution in [3.05, 3.63) is 47.5 Å². The van der Waals surface area contributed by atoms with Crippen LogP contribution in [0.4, 0.5) is 5.69 Å². The van der Waals surface area contributed by atoms with Crippen molar-refractivity contribution in [1.29, 1.82) is 0 Å². The summed E-state index contributed by atoms with van der Waals surface area (Å²) >= 11 is 0. The highest BCUT2D eigenvalue weighted by Gasteiger charge is 2.08. The fourth-order valence-electron chi connectivity index (χ4n) is 2.10. The zero-order valence-corrected chi connectivity index (χ0v) is 13.8. The first-order chi connectivity index (χ1) is 11.0. The quantitative estimate of drug-likeness (QED) is 0.888. The molecule has 0 aliphatic carbocycles. The minimum absolute atomic E-state index is 0.0657. The van der Waals surface area contributed by atoms with Crippen LogP contribution >= 0.6 is 0 Å². The van der Waals surface area contributed by atoms with Crippen LogP contribution in [0, 0.1) is 13.8 Å². The molecule has 0 bridgehead atoms. The third-order valence-corrected chi connectivity index (χ3v) is 3.55. The van der Waals surface area contributed by atoms with Gasteiger partial charge in [0.25, 0.3) is 5.91 Å². The number of methoxy groups -OCH3 is 2. The highest BCUT2D eigenvalue weighted by atomic mass is 16.5. The van der Waals surface area contributed by atoms with Crippen molar-refractivity contribution in [2.24, 2.45) is 0 Å². The number of hydrogen-bond donors (Lipinski definition) is 1. The molecule has 0 fully saturated rings. The Morgan fingerprint density at radius 2 is 1.70 bits per heavy atom. The first-order valence-corrected chi connectivity index (χ1v) is 7.25. The largest absolute Gasteiger partial charge is 0.497 e. The summed E-state index contributed by atoms with van der Waals surface area (Å²) in [5.74, 6) is 1.68. The zero-order valence-electron chi connectivity index (χ0n) is 13.8. The van der Waals surface area contributed by atoms with Crippen molar-refractivity contribution in [3.8, 4) is 17.2 Å². The molecule has 0 saturated carbocycles. The summed E-state index contributed by atoms with van der Waals surface area (Å²) < 4.78 is 15.9.